The molecule has 2 atom stereocenters. The molecular formula is C26H31ClF4O3. The van der Waals surface area contributed by atoms with Gasteiger partial charge in [-0.2, -0.15) is 0 Å². The van der Waals surface area contributed by atoms with E-state index in [1.807, 2.05) is 13.8 Å². The van der Waals surface area contributed by atoms with E-state index in [9.17, 15) is 27.2 Å². The Hall–Kier alpha value is -2.41. The summed E-state index contributed by atoms with van der Waals surface area (Å²) in [5.74, 6) is -4.55. The molecule has 0 radical (unpaired) electrons. The Bertz CT molecular complexity index is 936. The average Bonchev–Trinajstić information content (AvgIpc) is 2.77. The van der Waals surface area contributed by atoms with E-state index in [1.165, 1.54) is 24.3 Å². The topological polar surface area (TPSA) is 43.4 Å². The second-order valence-corrected chi connectivity index (χ2v) is 8.25. The van der Waals surface area contributed by atoms with Gasteiger partial charge in [0.05, 0.1) is 13.0 Å². The fourth-order valence-corrected chi connectivity index (χ4v) is 3.90. The third-order valence-corrected chi connectivity index (χ3v) is 5.40. The lowest BCUT2D eigenvalue weighted by Gasteiger charge is -2.16. The smallest absolute Gasteiger partial charge is 0.306 e. The molecule has 0 fully saturated rings. The van der Waals surface area contributed by atoms with Crippen LogP contribution >= 0.6 is 11.6 Å². The summed E-state index contributed by atoms with van der Waals surface area (Å²) in [5.41, 5.74) is 0.487. The first-order chi connectivity index (χ1) is 16.2. The Morgan fingerprint density at radius 3 is 1.62 bits per heavy atom. The maximum absolute atomic E-state index is 13.7. The summed E-state index contributed by atoms with van der Waals surface area (Å²) < 4.78 is 58.2. The molecule has 2 aromatic carbocycles. The zero-order valence-electron chi connectivity index (χ0n) is 19.7. The van der Waals surface area contributed by atoms with Crippen molar-refractivity contribution in [2.24, 2.45) is 0 Å². The summed E-state index contributed by atoms with van der Waals surface area (Å²) in [6, 6.07) is 8.06. The number of ether oxygens (including phenoxy) is 1. The molecule has 0 saturated heterocycles. The molecule has 0 spiro atoms. The van der Waals surface area contributed by atoms with Crippen LogP contribution < -0.4 is 0 Å². The first-order valence-corrected chi connectivity index (χ1v) is 11.8. The van der Waals surface area contributed by atoms with E-state index in [0.717, 1.165) is 25.0 Å². The quantitative estimate of drug-likeness (QED) is 0.179. The second-order valence-electron chi connectivity index (χ2n) is 7.83. The van der Waals surface area contributed by atoms with E-state index in [-0.39, 0.29) is 41.8 Å². The highest BCUT2D eigenvalue weighted by Gasteiger charge is 2.21. The minimum Gasteiger partial charge on any atom is -0.466 e. The van der Waals surface area contributed by atoms with Gasteiger partial charge in [-0.1, -0.05) is 51.0 Å². The van der Waals surface area contributed by atoms with Crippen molar-refractivity contribution < 1.29 is 31.9 Å². The molecule has 0 aliphatic rings. The molecule has 0 aromatic heterocycles. The lowest BCUT2D eigenvalue weighted by atomic mass is 9.91. The third kappa shape index (κ3) is 9.45. The van der Waals surface area contributed by atoms with Gasteiger partial charge in [-0.05, 0) is 66.5 Å². The average molecular weight is 503 g/mol. The van der Waals surface area contributed by atoms with Gasteiger partial charge in [0.1, 0.15) is 0 Å². The highest BCUT2D eigenvalue weighted by Crippen LogP contribution is 2.30. The number of halogens is 5. The highest BCUT2D eigenvalue weighted by molar-refractivity contribution is 6.63. The Balaban J connectivity index is 0.000000342. The minimum absolute atomic E-state index is 0.0375. The van der Waals surface area contributed by atoms with Crippen LogP contribution in [-0.2, 0) is 14.3 Å². The Kier molecular flexibility index (Phi) is 13.5. The van der Waals surface area contributed by atoms with Crippen LogP contribution in [0.1, 0.15) is 82.3 Å². The predicted molar refractivity (Wildman–Crippen MR) is 125 cm³/mol. The Morgan fingerprint density at radius 2 is 1.24 bits per heavy atom. The molecule has 0 saturated carbocycles. The van der Waals surface area contributed by atoms with Crippen LogP contribution in [-0.4, -0.2) is 17.8 Å². The van der Waals surface area contributed by atoms with Crippen molar-refractivity contribution in [3.05, 3.63) is 70.8 Å². The van der Waals surface area contributed by atoms with Gasteiger partial charge in [0.15, 0.2) is 23.3 Å². The van der Waals surface area contributed by atoms with Gasteiger partial charge in [0.2, 0.25) is 5.24 Å². The van der Waals surface area contributed by atoms with E-state index >= 15 is 0 Å². The number of hydrogen-bond donors (Lipinski definition) is 0. The van der Waals surface area contributed by atoms with Gasteiger partial charge in [0, 0.05) is 6.42 Å². The zero-order valence-corrected chi connectivity index (χ0v) is 20.4. The number of hydrogen-bond acceptors (Lipinski definition) is 3. The van der Waals surface area contributed by atoms with Gasteiger partial charge >= 0.3 is 5.97 Å². The van der Waals surface area contributed by atoms with E-state index < -0.39 is 28.5 Å². The van der Waals surface area contributed by atoms with Crippen molar-refractivity contribution >= 4 is 22.8 Å². The molecule has 8 heteroatoms. The molecule has 0 amide bonds. The summed E-state index contributed by atoms with van der Waals surface area (Å²) in [4.78, 5) is 22.3. The molecule has 188 valence electrons. The molecule has 0 aliphatic carbocycles. The van der Waals surface area contributed by atoms with Gasteiger partial charge in [-0.15, -0.1) is 0 Å². The van der Waals surface area contributed by atoms with Gasteiger partial charge < -0.3 is 4.74 Å². The van der Waals surface area contributed by atoms with E-state index in [1.54, 1.807) is 6.92 Å². The number of benzene rings is 2. The molecule has 3 nitrogen and oxygen atoms in total. The number of rotatable bonds is 11. The SMILES string of the molecule is CCCC(CC(=O)Cl)c1cccc(F)c1F.CCCC(CC(=O)OCC)c1cccc(F)c1F. The number of carbonyl (C=O) groups is 2. The first-order valence-electron chi connectivity index (χ1n) is 11.4. The zero-order chi connectivity index (χ0) is 25.7. The van der Waals surface area contributed by atoms with Crippen LogP contribution in [0, 0.1) is 23.3 Å². The predicted octanol–water partition coefficient (Wildman–Crippen LogP) is 7.81. The van der Waals surface area contributed by atoms with Gasteiger partial charge in [-0.3, -0.25) is 9.59 Å². The monoisotopic (exact) mass is 502 g/mol. The van der Waals surface area contributed by atoms with Gasteiger partial charge in [-0.25, -0.2) is 17.6 Å². The highest BCUT2D eigenvalue weighted by atomic mass is 35.5. The Morgan fingerprint density at radius 1 is 0.794 bits per heavy atom. The number of esters is 1. The molecule has 0 bridgehead atoms. The maximum Gasteiger partial charge on any atom is 0.306 e. The maximum atomic E-state index is 13.7. The summed E-state index contributed by atoms with van der Waals surface area (Å²) in [6.45, 7) is 5.87. The van der Waals surface area contributed by atoms with E-state index in [0.29, 0.717) is 19.4 Å². The van der Waals surface area contributed by atoms with Crippen LogP contribution in [0.25, 0.3) is 0 Å². The van der Waals surface area contributed by atoms with Crippen molar-refractivity contribution in [3.63, 3.8) is 0 Å². The Labute approximate surface area is 203 Å². The van der Waals surface area contributed by atoms with Crippen LogP contribution in [0.4, 0.5) is 17.6 Å². The van der Waals surface area contributed by atoms with Gasteiger partial charge in [0.25, 0.3) is 0 Å². The molecule has 34 heavy (non-hydrogen) atoms. The summed E-state index contributed by atoms with van der Waals surface area (Å²) in [6.07, 6.45) is 2.93. The van der Waals surface area contributed by atoms with Crippen LogP contribution in [0.15, 0.2) is 36.4 Å². The lowest BCUT2D eigenvalue weighted by molar-refractivity contribution is -0.143. The van der Waals surface area contributed by atoms with Crippen LogP contribution in [0.5, 0.6) is 0 Å². The molecule has 0 N–H and O–H groups in total. The van der Waals surface area contributed by atoms with Crippen LogP contribution in [0.3, 0.4) is 0 Å². The van der Waals surface area contributed by atoms with Crippen LogP contribution in [0.2, 0.25) is 0 Å². The molecule has 0 aliphatic heterocycles. The summed E-state index contributed by atoms with van der Waals surface area (Å²) in [5, 5.41) is -0.526. The summed E-state index contributed by atoms with van der Waals surface area (Å²) >= 11 is 5.30. The lowest BCUT2D eigenvalue weighted by Crippen LogP contribution is -2.12. The third-order valence-electron chi connectivity index (χ3n) is 5.24. The second kappa shape index (κ2) is 15.5. The van der Waals surface area contributed by atoms with E-state index in [2.05, 4.69) is 0 Å². The van der Waals surface area contributed by atoms with Crippen molar-refractivity contribution in [3.8, 4) is 0 Å². The minimum atomic E-state index is -0.888. The van der Waals surface area contributed by atoms with E-state index in [4.69, 9.17) is 16.3 Å². The normalized spacial score (nSPS) is 12.4. The standard InChI is InChI=1S/C14H18F2O2.C12H13ClF2O/c1-3-6-10(9-13(17)18-4-2)11-7-5-8-12(15)14(11)16;1-2-4-8(7-11(13)16)9-5-3-6-10(14)12(9)15/h5,7-8,10H,3-4,6,9H2,1-2H3;3,5-6,8H,2,4,7H2,1H3. The molecule has 0 heterocycles. The first kappa shape index (κ1) is 29.6. The van der Waals surface area contributed by atoms with Crippen molar-refractivity contribution in [2.75, 3.05) is 6.61 Å². The van der Waals surface area contributed by atoms with Crippen molar-refractivity contribution in [1.29, 1.82) is 0 Å². The van der Waals surface area contributed by atoms with Crippen molar-refractivity contribution in [2.45, 2.75) is 71.1 Å². The fraction of sp³-hybridized carbons (Fsp3) is 0.462. The fourth-order valence-electron chi connectivity index (χ4n) is 3.72. The molecule has 2 unspecified atom stereocenters. The number of carbonyl (C=O) groups excluding carboxylic acids is 2. The summed E-state index contributed by atoms with van der Waals surface area (Å²) in [7, 11) is 0. The largest absolute Gasteiger partial charge is 0.466 e. The molecule has 2 rings (SSSR count). The molecular weight excluding hydrogens is 472 g/mol. The van der Waals surface area contributed by atoms with Crippen molar-refractivity contribution in [1.82, 2.24) is 0 Å². The molecule has 2 aromatic rings.